The molecule has 1 amide bonds. The summed E-state index contributed by atoms with van der Waals surface area (Å²) in [5.41, 5.74) is 0. The van der Waals surface area contributed by atoms with Crippen LogP contribution in [0, 0.1) is 0 Å². The van der Waals surface area contributed by atoms with E-state index in [-0.39, 0.29) is 12.6 Å². The van der Waals surface area contributed by atoms with E-state index in [2.05, 4.69) is 5.32 Å². The van der Waals surface area contributed by atoms with Crippen LogP contribution in [0.4, 0.5) is 0 Å². The summed E-state index contributed by atoms with van der Waals surface area (Å²) < 4.78 is 10.9. The van der Waals surface area contributed by atoms with Gasteiger partial charge in [0, 0.05) is 19.8 Å². The van der Waals surface area contributed by atoms with Crippen LogP contribution in [0.2, 0.25) is 0 Å². The van der Waals surface area contributed by atoms with Crippen molar-refractivity contribution in [3.63, 3.8) is 0 Å². The summed E-state index contributed by atoms with van der Waals surface area (Å²) in [4.78, 5) is 30.1. The zero-order chi connectivity index (χ0) is 11.4. The lowest BCUT2D eigenvalue weighted by Crippen LogP contribution is -2.40. The van der Waals surface area contributed by atoms with E-state index in [1.165, 1.54) is 6.92 Å². The van der Waals surface area contributed by atoms with Crippen LogP contribution in [-0.2, 0) is 14.2 Å². The molecule has 2 atom stereocenters. The molecule has 0 rings (SSSR count). The van der Waals surface area contributed by atoms with Gasteiger partial charge in [-0.3, -0.25) is 9.36 Å². The molecule has 0 aromatic carbocycles. The van der Waals surface area contributed by atoms with Crippen LogP contribution >= 0.6 is 7.37 Å². The molecule has 6 nitrogen and oxygen atoms in total. The third-order valence-corrected chi connectivity index (χ3v) is 2.60. The highest BCUT2D eigenvalue weighted by atomic mass is 31.2. The molecule has 0 radical (unpaired) electrons. The second-order valence-corrected chi connectivity index (χ2v) is 5.70. The third-order valence-electron chi connectivity index (χ3n) is 1.51. The molecule has 0 bridgehead atoms. The average Bonchev–Trinajstić information content (AvgIpc) is 1.94. The van der Waals surface area contributed by atoms with E-state index in [4.69, 9.17) is 10.00 Å². The summed E-state index contributed by atoms with van der Waals surface area (Å²) in [5, 5.41) is 10.8. The van der Waals surface area contributed by atoms with Gasteiger partial charge in [-0.25, -0.2) is 4.79 Å². The Hall–Kier alpha value is -0.870. The standard InChI is InChI=1S/C7H14NO5P/c1-5(9)8-6(7(10)11)3-4-14(2,12)13/h6H,3-4H2,1-2H3,(H,8,9)(H,10,11)(H,12,13)/t6-/m1/s1. The molecular formula is C7H14NO5P. The number of carboxylic acids is 1. The van der Waals surface area contributed by atoms with Crippen LogP contribution in [0.3, 0.4) is 0 Å². The summed E-state index contributed by atoms with van der Waals surface area (Å²) in [6, 6.07) is -1.09. The second-order valence-electron chi connectivity index (χ2n) is 3.15. The number of carbonyl (C=O) groups is 2. The number of carboxylic acid groups (broad SMARTS) is 1. The normalized spacial score (nSPS) is 16.8. The average molecular weight is 223 g/mol. The quantitative estimate of drug-likeness (QED) is 0.563. The minimum absolute atomic E-state index is 0.0425. The van der Waals surface area contributed by atoms with Crippen molar-refractivity contribution in [2.75, 3.05) is 12.8 Å². The fourth-order valence-corrected chi connectivity index (χ4v) is 1.61. The lowest BCUT2D eigenvalue weighted by atomic mass is 10.2. The van der Waals surface area contributed by atoms with E-state index >= 15 is 0 Å². The summed E-state index contributed by atoms with van der Waals surface area (Å²) in [6.45, 7) is 2.35. The smallest absolute Gasteiger partial charge is 0.326 e. The van der Waals surface area contributed by atoms with Gasteiger partial charge in [-0.1, -0.05) is 0 Å². The van der Waals surface area contributed by atoms with Crippen molar-refractivity contribution < 1.29 is 24.2 Å². The van der Waals surface area contributed by atoms with Crippen molar-refractivity contribution in [2.24, 2.45) is 0 Å². The molecule has 1 unspecified atom stereocenters. The number of hydrogen-bond acceptors (Lipinski definition) is 3. The predicted octanol–water partition coefficient (Wildman–Crippen LogP) is -0.134. The molecule has 0 spiro atoms. The molecule has 0 aliphatic heterocycles. The maximum absolute atomic E-state index is 10.9. The van der Waals surface area contributed by atoms with Gasteiger partial charge in [0.05, 0.1) is 0 Å². The van der Waals surface area contributed by atoms with Gasteiger partial charge < -0.3 is 15.3 Å². The van der Waals surface area contributed by atoms with Gasteiger partial charge in [0.15, 0.2) is 7.37 Å². The number of amides is 1. The fourth-order valence-electron chi connectivity index (χ4n) is 0.871. The van der Waals surface area contributed by atoms with Crippen LogP contribution in [0.25, 0.3) is 0 Å². The first kappa shape index (κ1) is 13.1. The van der Waals surface area contributed by atoms with Gasteiger partial charge >= 0.3 is 5.97 Å². The van der Waals surface area contributed by atoms with E-state index in [1.807, 2.05) is 0 Å². The van der Waals surface area contributed by atoms with E-state index < -0.39 is 25.3 Å². The molecule has 0 aromatic rings. The summed E-state index contributed by atoms with van der Waals surface area (Å²) in [6.07, 6.45) is -0.163. The van der Waals surface area contributed by atoms with Crippen LogP contribution in [-0.4, -0.2) is 40.7 Å². The first-order valence-corrected chi connectivity index (χ1v) is 6.31. The minimum Gasteiger partial charge on any atom is -0.480 e. The largest absolute Gasteiger partial charge is 0.480 e. The summed E-state index contributed by atoms with van der Waals surface area (Å²) >= 11 is 0. The van der Waals surface area contributed by atoms with Crippen molar-refractivity contribution in [1.29, 1.82) is 0 Å². The van der Waals surface area contributed by atoms with Crippen molar-refractivity contribution >= 4 is 19.2 Å². The molecule has 0 aromatic heterocycles. The summed E-state index contributed by atoms with van der Waals surface area (Å²) in [7, 11) is -3.22. The Bertz CT molecular complexity index is 271. The first-order chi connectivity index (χ1) is 6.22. The molecule has 82 valence electrons. The van der Waals surface area contributed by atoms with Crippen molar-refractivity contribution in [2.45, 2.75) is 19.4 Å². The Morgan fingerprint density at radius 3 is 2.29 bits per heavy atom. The minimum atomic E-state index is -3.22. The van der Waals surface area contributed by atoms with E-state index in [1.54, 1.807) is 0 Å². The van der Waals surface area contributed by atoms with Gasteiger partial charge in [-0.05, 0) is 6.42 Å². The maximum atomic E-state index is 10.9. The zero-order valence-electron chi connectivity index (χ0n) is 8.06. The Balaban J connectivity index is 4.18. The van der Waals surface area contributed by atoms with Crippen molar-refractivity contribution in [1.82, 2.24) is 5.32 Å². The monoisotopic (exact) mass is 223 g/mol. The first-order valence-electron chi connectivity index (χ1n) is 4.01. The molecule has 0 heterocycles. The molecule has 0 saturated heterocycles. The van der Waals surface area contributed by atoms with Crippen molar-refractivity contribution in [3.05, 3.63) is 0 Å². The topological polar surface area (TPSA) is 104 Å². The van der Waals surface area contributed by atoms with Gasteiger partial charge in [0.1, 0.15) is 6.04 Å². The molecule has 0 aliphatic rings. The highest BCUT2D eigenvalue weighted by molar-refractivity contribution is 7.57. The van der Waals surface area contributed by atoms with Gasteiger partial charge in [0.25, 0.3) is 0 Å². The number of rotatable bonds is 5. The van der Waals surface area contributed by atoms with Gasteiger partial charge in [0.2, 0.25) is 5.91 Å². The Kier molecular flexibility index (Phi) is 4.80. The van der Waals surface area contributed by atoms with Gasteiger partial charge in [-0.15, -0.1) is 0 Å². The van der Waals surface area contributed by atoms with E-state index in [0.717, 1.165) is 6.66 Å². The number of nitrogens with one attached hydrogen (secondary N) is 1. The molecule has 0 aliphatic carbocycles. The molecule has 3 N–H and O–H groups in total. The van der Waals surface area contributed by atoms with Crippen LogP contribution in [0.15, 0.2) is 0 Å². The number of carbonyl (C=O) groups excluding carboxylic acids is 1. The molecular weight excluding hydrogens is 209 g/mol. The molecule has 7 heteroatoms. The Morgan fingerprint density at radius 1 is 1.50 bits per heavy atom. The van der Waals surface area contributed by atoms with Crippen molar-refractivity contribution in [3.8, 4) is 0 Å². The maximum Gasteiger partial charge on any atom is 0.326 e. The second kappa shape index (κ2) is 5.12. The Morgan fingerprint density at radius 2 is 2.00 bits per heavy atom. The Labute approximate surface area is 81.8 Å². The predicted molar refractivity (Wildman–Crippen MR) is 50.5 cm³/mol. The van der Waals surface area contributed by atoms with Gasteiger partial charge in [-0.2, -0.15) is 0 Å². The highest BCUT2D eigenvalue weighted by Crippen LogP contribution is 2.35. The summed E-state index contributed by atoms with van der Waals surface area (Å²) in [5.74, 6) is -1.67. The molecule has 14 heavy (non-hydrogen) atoms. The van der Waals surface area contributed by atoms with E-state index in [0.29, 0.717) is 0 Å². The zero-order valence-corrected chi connectivity index (χ0v) is 8.95. The fraction of sp³-hybridized carbons (Fsp3) is 0.714. The number of hydrogen-bond donors (Lipinski definition) is 3. The SMILES string of the molecule is CC(=O)N[C@H](CCP(C)(=O)O)C(=O)O. The lowest BCUT2D eigenvalue weighted by molar-refractivity contribution is -0.141. The highest BCUT2D eigenvalue weighted by Gasteiger charge is 2.21. The lowest BCUT2D eigenvalue weighted by Gasteiger charge is -2.13. The van der Waals surface area contributed by atoms with Crippen LogP contribution < -0.4 is 5.32 Å². The van der Waals surface area contributed by atoms with E-state index in [9.17, 15) is 14.2 Å². The third kappa shape index (κ3) is 6.62. The van der Waals surface area contributed by atoms with Crippen LogP contribution in [0.1, 0.15) is 13.3 Å². The molecule has 0 fully saturated rings. The molecule has 0 saturated carbocycles. The number of aliphatic carboxylic acids is 1. The van der Waals surface area contributed by atoms with Crippen LogP contribution in [0.5, 0.6) is 0 Å².